The molecule has 0 heterocycles. The van der Waals surface area contributed by atoms with E-state index in [1.165, 1.54) is 6.42 Å². The second-order valence-electron chi connectivity index (χ2n) is 5.94. The molecular weight excluding hydrogens is 260 g/mol. The fourth-order valence-electron chi connectivity index (χ4n) is 2.90. The smallest absolute Gasteiger partial charge is 0.0852 e. The summed E-state index contributed by atoms with van der Waals surface area (Å²) in [4.78, 5) is 0. The number of nitrogens with one attached hydrogen (secondary N) is 1. The predicted octanol–water partition coefficient (Wildman–Crippen LogP) is 3.41. The Morgan fingerprint density at radius 3 is 2.62 bits per heavy atom. The lowest BCUT2D eigenvalue weighted by atomic mass is 9.62. The van der Waals surface area contributed by atoms with Gasteiger partial charge in [-0.3, -0.25) is 0 Å². The Hall–Kier alpha value is -1.37. The fourth-order valence-corrected chi connectivity index (χ4v) is 2.90. The second kappa shape index (κ2) is 8.17. The molecule has 1 aromatic rings. The molecule has 3 nitrogen and oxygen atoms in total. The molecule has 3 heteroatoms. The monoisotopic (exact) mass is 286 g/mol. The van der Waals surface area contributed by atoms with Crippen LogP contribution in [-0.2, 0) is 10.2 Å². The first-order chi connectivity index (χ1) is 10.3. The van der Waals surface area contributed by atoms with Gasteiger partial charge >= 0.3 is 0 Å². The lowest BCUT2D eigenvalue weighted by molar-refractivity contribution is 0.125. The van der Waals surface area contributed by atoms with Crippen LogP contribution in [0.15, 0.2) is 30.3 Å². The van der Waals surface area contributed by atoms with Crippen molar-refractivity contribution in [2.24, 2.45) is 0 Å². The highest BCUT2D eigenvalue weighted by Crippen LogP contribution is 2.43. The van der Waals surface area contributed by atoms with Crippen molar-refractivity contribution >= 4 is 0 Å². The van der Waals surface area contributed by atoms with E-state index in [-0.39, 0.29) is 5.41 Å². The van der Waals surface area contributed by atoms with Crippen LogP contribution in [0.3, 0.4) is 0 Å². The zero-order valence-electron chi connectivity index (χ0n) is 13.0. The zero-order valence-corrected chi connectivity index (χ0v) is 13.0. The Kier molecular flexibility index (Phi) is 6.22. The van der Waals surface area contributed by atoms with Crippen LogP contribution in [0.4, 0.5) is 0 Å². The maximum Gasteiger partial charge on any atom is 0.0852 e. The third-order valence-corrected chi connectivity index (χ3v) is 4.27. The van der Waals surface area contributed by atoms with Crippen LogP contribution < -0.4 is 5.32 Å². The molecule has 1 N–H and O–H groups in total. The van der Waals surface area contributed by atoms with Crippen LogP contribution in [0.5, 0.6) is 0 Å². The molecule has 21 heavy (non-hydrogen) atoms. The van der Waals surface area contributed by atoms with Crippen LogP contribution in [0.1, 0.15) is 44.6 Å². The van der Waals surface area contributed by atoms with E-state index in [0.29, 0.717) is 6.04 Å². The molecule has 0 aliphatic heterocycles. The Bertz CT molecular complexity index is 446. The maximum atomic E-state index is 9.50. The summed E-state index contributed by atoms with van der Waals surface area (Å²) >= 11 is 0. The number of hydrogen-bond donors (Lipinski definition) is 1. The fraction of sp³-hybridized carbons (Fsp3) is 0.611. The number of unbranched alkanes of at least 4 members (excludes halogenated alkanes) is 1. The molecule has 0 spiro atoms. The van der Waals surface area contributed by atoms with E-state index in [1.54, 1.807) is 0 Å². The van der Waals surface area contributed by atoms with E-state index in [2.05, 4.69) is 30.4 Å². The minimum absolute atomic E-state index is 0.267. The van der Waals surface area contributed by atoms with Gasteiger partial charge in [-0.1, -0.05) is 43.7 Å². The van der Waals surface area contributed by atoms with Gasteiger partial charge in [-0.2, -0.15) is 5.26 Å². The van der Waals surface area contributed by atoms with Crippen molar-refractivity contribution in [3.8, 4) is 6.07 Å². The predicted molar refractivity (Wildman–Crippen MR) is 85.1 cm³/mol. The van der Waals surface area contributed by atoms with Crippen LogP contribution in [0, 0.1) is 11.3 Å². The summed E-state index contributed by atoms with van der Waals surface area (Å²) in [5, 5.41) is 13.0. The van der Waals surface area contributed by atoms with E-state index < -0.39 is 0 Å². The lowest BCUT2D eigenvalue weighted by Gasteiger charge is -2.43. The molecule has 0 aromatic heterocycles. The molecule has 0 bridgehead atoms. The Morgan fingerprint density at radius 1 is 1.24 bits per heavy atom. The molecular formula is C18H26N2O. The summed E-state index contributed by atoms with van der Waals surface area (Å²) in [5.74, 6) is 0. The normalized spacial score (nSPS) is 24.3. The van der Waals surface area contributed by atoms with Gasteiger partial charge in [0.05, 0.1) is 11.5 Å². The van der Waals surface area contributed by atoms with Gasteiger partial charge < -0.3 is 10.1 Å². The highest BCUT2D eigenvalue weighted by atomic mass is 16.5. The number of nitrogens with zero attached hydrogens (tertiary/aromatic N) is 1. The maximum absolute atomic E-state index is 9.50. The summed E-state index contributed by atoms with van der Waals surface area (Å²) < 4.78 is 5.55. The van der Waals surface area contributed by atoms with Gasteiger partial charge in [-0.05, 0) is 37.8 Å². The van der Waals surface area contributed by atoms with Gasteiger partial charge in [-0.15, -0.1) is 0 Å². The van der Waals surface area contributed by atoms with Gasteiger partial charge in [0, 0.05) is 19.3 Å². The van der Waals surface area contributed by atoms with E-state index in [9.17, 15) is 5.26 Å². The minimum Gasteiger partial charge on any atom is -0.381 e. The summed E-state index contributed by atoms with van der Waals surface area (Å²) in [7, 11) is 0. The highest BCUT2D eigenvalue weighted by Gasteiger charge is 2.45. The summed E-state index contributed by atoms with van der Waals surface area (Å²) in [5.41, 5.74) is 0.893. The molecule has 2 rings (SSSR count). The van der Waals surface area contributed by atoms with Gasteiger partial charge in [0.25, 0.3) is 0 Å². The molecule has 0 atom stereocenters. The quantitative estimate of drug-likeness (QED) is 0.708. The largest absolute Gasteiger partial charge is 0.381 e. The van der Waals surface area contributed by atoms with Crippen molar-refractivity contribution < 1.29 is 4.74 Å². The van der Waals surface area contributed by atoms with Crippen LogP contribution in [0.25, 0.3) is 0 Å². The molecule has 1 aromatic carbocycles. The average molecular weight is 286 g/mol. The van der Waals surface area contributed by atoms with Crippen molar-refractivity contribution in [3.63, 3.8) is 0 Å². The van der Waals surface area contributed by atoms with Gasteiger partial charge in [0.1, 0.15) is 0 Å². The number of rotatable bonds is 9. The standard InChI is InChI=1S/C18H26N2O/c1-2-3-11-21-12-7-10-20-17-13-18(14-17,15-19)16-8-5-4-6-9-16/h4-6,8-9,17,20H,2-3,7,10-14H2,1H3. The SMILES string of the molecule is CCCCOCCCNC1CC(C#N)(c2ccccc2)C1. The Balaban J connectivity index is 1.63. The summed E-state index contributed by atoms with van der Waals surface area (Å²) in [6, 6.07) is 13.2. The summed E-state index contributed by atoms with van der Waals surface area (Å²) in [6.07, 6.45) is 5.23. The molecule has 1 saturated carbocycles. The molecule has 1 fully saturated rings. The first-order valence-electron chi connectivity index (χ1n) is 8.08. The Labute approximate surface area is 128 Å². The highest BCUT2D eigenvalue weighted by molar-refractivity contribution is 5.36. The molecule has 114 valence electrons. The molecule has 0 saturated heterocycles. The van der Waals surface area contributed by atoms with Crippen LogP contribution in [0.2, 0.25) is 0 Å². The molecule has 1 aliphatic carbocycles. The number of nitriles is 1. The van der Waals surface area contributed by atoms with E-state index in [1.807, 2.05) is 18.2 Å². The summed E-state index contributed by atoms with van der Waals surface area (Å²) in [6.45, 7) is 4.87. The average Bonchev–Trinajstić information content (AvgIpc) is 2.49. The van der Waals surface area contributed by atoms with Gasteiger partial charge in [-0.25, -0.2) is 0 Å². The van der Waals surface area contributed by atoms with Crippen molar-refractivity contribution in [1.82, 2.24) is 5.32 Å². The van der Waals surface area contributed by atoms with Crippen molar-refractivity contribution in [2.45, 2.75) is 50.5 Å². The van der Waals surface area contributed by atoms with Crippen LogP contribution >= 0.6 is 0 Å². The van der Waals surface area contributed by atoms with Crippen LogP contribution in [-0.4, -0.2) is 25.8 Å². The van der Waals surface area contributed by atoms with E-state index in [4.69, 9.17) is 4.74 Å². The number of ether oxygens (including phenoxy) is 1. The molecule has 0 amide bonds. The zero-order chi connectivity index (χ0) is 15.0. The van der Waals surface area contributed by atoms with Crippen molar-refractivity contribution in [2.75, 3.05) is 19.8 Å². The second-order valence-corrected chi connectivity index (χ2v) is 5.94. The third-order valence-electron chi connectivity index (χ3n) is 4.27. The minimum atomic E-state index is -0.267. The first kappa shape index (κ1) is 16.0. The lowest BCUT2D eigenvalue weighted by Crippen LogP contribution is -2.51. The first-order valence-corrected chi connectivity index (χ1v) is 8.08. The third kappa shape index (κ3) is 4.30. The topological polar surface area (TPSA) is 45.0 Å². The van der Waals surface area contributed by atoms with Gasteiger partial charge in [0.2, 0.25) is 0 Å². The van der Waals surface area contributed by atoms with Gasteiger partial charge in [0.15, 0.2) is 0 Å². The number of hydrogen-bond acceptors (Lipinski definition) is 3. The molecule has 0 unspecified atom stereocenters. The molecule has 1 aliphatic rings. The Morgan fingerprint density at radius 2 is 1.95 bits per heavy atom. The molecule has 0 radical (unpaired) electrons. The van der Waals surface area contributed by atoms with Crippen molar-refractivity contribution in [1.29, 1.82) is 5.26 Å². The van der Waals surface area contributed by atoms with E-state index >= 15 is 0 Å². The van der Waals surface area contributed by atoms with Crippen molar-refractivity contribution in [3.05, 3.63) is 35.9 Å². The van der Waals surface area contributed by atoms with E-state index in [0.717, 1.165) is 51.0 Å². The number of benzene rings is 1.